The molecular weight excluding hydrogens is 374 g/mol. The largest absolute Gasteiger partial charge is 0.508 e. The second kappa shape index (κ2) is 8.49. The number of hydrogen-bond acceptors (Lipinski definition) is 3. The van der Waals surface area contributed by atoms with Crippen molar-refractivity contribution in [2.75, 3.05) is 19.6 Å². The van der Waals surface area contributed by atoms with E-state index in [2.05, 4.69) is 4.90 Å². The second-order valence-corrected chi connectivity index (χ2v) is 8.01. The summed E-state index contributed by atoms with van der Waals surface area (Å²) in [6, 6.07) is 13.6. The number of carbonyl (C=O) groups is 1. The number of carbonyl (C=O) groups excluding carboxylic acids is 1. The topological polar surface area (TPSA) is 43.8 Å². The lowest BCUT2D eigenvalue weighted by Gasteiger charge is -2.35. The zero-order valence-corrected chi connectivity index (χ0v) is 16.3. The molecule has 0 radical (unpaired) electrons. The van der Waals surface area contributed by atoms with E-state index >= 15 is 0 Å². The van der Waals surface area contributed by atoms with Gasteiger partial charge in [0, 0.05) is 18.7 Å². The molecule has 2 saturated heterocycles. The fraction of sp³-hybridized carbons (Fsp3) is 0.435. The predicted molar refractivity (Wildman–Crippen MR) is 107 cm³/mol. The first-order valence-corrected chi connectivity index (χ1v) is 10.2. The van der Waals surface area contributed by atoms with Crippen LogP contribution in [0, 0.1) is 0 Å². The van der Waals surface area contributed by atoms with E-state index < -0.39 is 6.43 Å². The zero-order chi connectivity index (χ0) is 20.4. The van der Waals surface area contributed by atoms with Crippen molar-refractivity contribution in [3.8, 4) is 5.75 Å². The Morgan fingerprint density at radius 3 is 2.21 bits per heavy atom. The fourth-order valence-corrected chi connectivity index (χ4v) is 4.50. The number of piperidine rings is 1. The second-order valence-electron chi connectivity index (χ2n) is 8.01. The standard InChI is InChI=1S/C23H26F2N2O2/c24-22(25)19-3-1-16(2-4-19)15-27-14-11-21(23(27)29)26-12-9-18(10-13-26)17-5-7-20(28)8-6-17/h1-8,18,21-22,28H,9-15H2/t21-/m1/s1. The molecule has 4 nitrogen and oxygen atoms in total. The van der Waals surface area contributed by atoms with E-state index in [0.29, 0.717) is 19.0 Å². The summed E-state index contributed by atoms with van der Waals surface area (Å²) in [6.45, 7) is 2.96. The number of halogens is 2. The molecule has 0 bridgehead atoms. The highest BCUT2D eigenvalue weighted by atomic mass is 19.3. The summed E-state index contributed by atoms with van der Waals surface area (Å²) in [4.78, 5) is 17.0. The van der Waals surface area contributed by atoms with Gasteiger partial charge < -0.3 is 10.0 Å². The number of hydrogen-bond donors (Lipinski definition) is 1. The van der Waals surface area contributed by atoms with Crippen molar-refractivity contribution < 1.29 is 18.7 Å². The van der Waals surface area contributed by atoms with Crippen molar-refractivity contribution in [3.05, 3.63) is 65.2 Å². The van der Waals surface area contributed by atoms with Crippen LogP contribution in [-0.4, -0.2) is 46.5 Å². The van der Waals surface area contributed by atoms with E-state index in [1.165, 1.54) is 17.7 Å². The number of benzene rings is 2. The van der Waals surface area contributed by atoms with Gasteiger partial charge in [0.1, 0.15) is 5.75 Å². The molecule has 0 aliphatic carbocycles. The van der Waals surface area contributed by atoms with Crippen LogP contribution in [0.25, 0.3) is 0 Å². The summed E-state index contributed by atoms with van der Waals surface area (Å²) in [6.07, 6.45) is 0.358. The van der Waals surface area contributed by atoms with Crippen LogP contribution >= 0.6 is 0 Å². The average Bonchev–Trinajstić information content (AvgIpc) is 3.09. The number of likely N-dealkylation sites (tertiary alicyclic amines) is 2. The van der Waals surface area contributed by atoms with Crippen LogP contribution in [0.1, 0.15) is 48.3 Å². The number of rotatable bonds is 5. The third-order valence-electron chi connectivity index (χ3n) is 6.21. The maximum Gasteiger partial charge on any atom is 0.263 e. The number of alkyl halides is 2. The van der Waals surface area contributed by atoms with Gasteiger partial charge in [-0.3, -0.25) is 9.69 Å². The molecule has 1 atom stereocenters. The first-order valence-electron chi connectivity index (χ1n) is 10.2. The van der Waals surface area contributed by atoms with Crippen LogP contribution < -0.4 is 0 Å². The lowest BCUT2D eigenvalue weighted by Crippen LogP contribution is -2.45. The Labute approximate surface area is 169 Å². The average molecular weight is 400 g/mol. The van der Waals surface area contributed by atoms with E-state index in [1.54, 1.807) is 24.3 Å². The number of amides is 1. The van der Waals surface area contributed by atoms with Crippen molar-refractivity contribution in [2.24, 2.45) is 0 Å². The predicted octanol–water partition coefficient (Wildman–Crippen LogP) is 4.31. The van der Waals surface area contributed by atoms with Crippen molar-refractivity contribution in [2.45, 2.75) is 44.2 Å². The molecule has 6 heteroatoms. The van der Waals surface area contributed by atoms with Gasteiger partial charge >= 0.3 is 0 Å². The minimum absolute atomic E-state index is 0.0101. The fourth-order valence-electron chi connectivity index (χ4n) is 4.50. The monoisotopic (exact) mass is 400 g/mol. The SMILES string of the molecule is O=C1[C@H](N2CCC(c3ccc(O)cc3)CC2)CCN1Cc1ccc(C(F)F)cc1. The number of phenols is 1. The molecule has 2 fully saturated rings. The Morgan fingerprint density at radius 1 is 0.931 bits per heavy atom. The van der Waals surface area contributed by atoms with E-state index in [-0.39, 0.29) is 23.3 Å². The third kappa shape index (κ3) is 4.42. The van der Waals surface area contributed by atoms with Crippen LogP contribution in [0.15, 0.2) is 48.5 Å². The van der Waals surface area contributed by atoms with Gasteiger partial charge in [0.15, 0.2) is 0 Å². The van der Waals surface area contributed by atoms with E-state index in [4.69, 9.17) is 0 Å². The van der Waals surface area contributed by atoms with Gasteiger partial charge in [-0.2, -0.15) is 0 Å². The summed E-state index contributed by atoms with van der Waals surface area (Å²) in [5, 5.41) is 9.45. The Balaban J connectivity index is 1.31. The summed E-state index contributed by atoms with van der Waals surface area (Å²) in [7, 11) is 0. The number of phenolic OH excluding ortho intramolecular Hbond substituents is 1. The maximum atomic E-state index is 12.9. The van der Waals surface area contributed by atoms with Crippen LogP contribution in [0.2, 0.25) is 0 Å². The lowest BCUT2D eigenvalue weighted by molar-refractivity contribution is -0.133. The molecule has 1 amide bonds. The molecule has 2 aliphatic rings. The highest BCUT2D eigenvalue weighted by Crippen LogP contribution is 2.32. The van der Waals surface area contributed by atoms with Crippen LogP contribution in [0.4, 0.5) is 8.78 Å². The van der Waals surface area contributed by atoms with E-state index in [0.717, 1.165) is 37.9 Å². The number of aromatic hydroxyl groups is 1. The summed E-state index contributed by atoms with van der Waals surface area (Å²) >= 11 is 0. The normalized spacial score (nSPS) is 21.3. The summed E-state index contributed by atoms with van der Waals surface area (Å²) in [5.41, 5.74) is 2.14. The maximum absolute atomic E-state index is 12.9. The van der Waals surface area contributed by atoms with Crippen LogP contribution in [0.5, 0.6) is 5.75 Å². The van der Waals surface area contributed by atoms with Crippen molar-refractivity contribution >= 4 is 5.91 Å². The van der Waals surface area contributed by atoms with Gasteiger partial charge in [-0.1, -0.05) is 36.4 Å². The Morgan fingerprint density at radius 2 is 1.59 bits per heavy atom. The molecule has 2 aliphatic heterocycles. The molecule has 0 saturated carbocycles. The van der Waals surface area contributed by atoms with Crippen molar-refractivity contribution in [1.82, 2.24) is 9.80 Å². The first-order chi connectivity index (χ1) is 14.0. The lowest BCUT2D eigenvalue weighted by atomic mass is 9.89. The molecule has 0 spiro atoms. The number of nitrogens with zero attached hydrogens (tertiary/aromatic N) is 2. The minimum atomic E-state index is -2.47. The van der Waals surface area contributed by atoms with E-state index in [9.17, 15) is 18.7 Å². The molecule has 2 heterocycles. The molecular formula is C23H26F2N2O2. The smallest absolute Gasteiger partial charge is 0.263 e. The van der Waals surface area contributed by atoms with Gasteiger partial charge in [0.25, 0.3) is 6.43 Å². The minimum Gasteiger partial charge on any atom is -0.508 e. The first kappa shape index (κ1) is 19.8. The third-order valence-corrected chi connectivity index (χ3v) is 6.21. The highest BCUT2D eigenvalue weighted by Gasteiger charge is 2.37. The quantitative estimate of drug-likeness (QED) is 0.813. The zero-order valence-electron chi connectivity index (χ0n) is 16.3. The van der Waals surface area contributed by atoms with E-state index in [1.807, 2.05) is 17.0 Å². The van der Waals surface area contributed by atoms with Gasteiger partial charge in [-0.15, -0.1) is 0 Å². The van der Waals surface area contributed by atoms with Gasteiger partial charge in [0.05, 0.1) is 6.04 Å². The summed E-state index contributed by atoms with van der Waals surface area (Å²) < 4.78 is 25.4. The molecule has 4 rings (SSSR count). The molecule has 154 valence electrons. The van der Waals surface area contributed by atoms with Gasteiger partial charge in [-0.05, 0) is 61.5 Å². The Bertz CT molecular complexity index is 831. The van der Waals surface area contributed by atoms with Gasteiger partial charge in [0.2, 0.25) is 5.91 Å². The van der Waals surface area contributed by atoms with Crippen molar-refractivity contribution in [1.29, 1.82) is 0 Å². The molecule has 29 heavy (non-hydrogen) atoms. The molecule has 0 unspecified atom stereocenters. The van der Waals surface area contributed by atoms with Crippen LogP contribution in [-0.2, 0) is 11.3 Å². The molecule has 1 N–H and O–H groups in total. The molecule has 2 aromatic carbocycles. The van der Waals surface area contributed by atoms with Gasteiger partial charge in [-0.25, -0.2) is 8.78 Å². The van der Waals surface area contributed by atoms with Crippen LogP contribution in [0.3, 0.4) is 0 Å². The summed E-state index contributed by atoms with van der Waals surface area (Å²) in [5.74, 6) is 0.894. The molecule has 2 aromatic rings. The molecule has 0 aromatic heterocycles. The van der Waals surface area contributed by atoms with Crippen molar-refractivity contribution in [3.63, 3.8) is 0 Å². The Kier molecular flexibility index (Phi) is 5.81. The highest BCUT2D eigenvalue weighted by molar-refractivity contribution is 5.84. The Hall–Kier alpha value is -2.47.